The number of amides is 1. The van der Waals surface area contributed by atoms with Crippen LogP contribution in [0.15, 0.2) is 24.3 Å². The third-order valence-corrected chi connectivity index (χ3v) is 4.36. The molecule has 0 bridgehead atoms. The number of methoxy groups -OCH3 is 1. The molecule has 0 saturated carbocycles. The SMILES string of the molecule is COC(=O)CC(NC(=O)C(C)C1CNC1)c1ccc(OC(F)(F)F)cc1. The van der Waals surface area contributed by atoms with E-state index in [4.69, 9.17) is 0 Å². The van der Waals surface area contributed by atoms with E-state index in [0.717, 1.165) is 25.2 Å². The van der Waals surface area contributed by atoms with Gasteiger partial charge in [0.15, 0.2) is 0 Å². The molecule has 0 spiro atoms. The average Bonchev–Trinajstić information content (AvgIpc) is 2.51. The van der Waals surface area contributed by atoms with Gasteiger partial charge >= 0.3 is 12.3 Å². The van der Waals surface area contributed by atoms with E-state index in [1.807, 2.05) is 0 Å². The van der Waals surface area contributed by atoms with Crippen LogP contribution in [0.1, 0.15) is 24.9 Å². The van der Waals surface area contributed by atoms with Crippen LogP contribution < -0.4 is 15.4 Å². The fourth-order valence-electron chi connectivity index (χ4n) is 2.59. The molecule has 1 aromatic rings. The molecule has 2 unspecified atom stereocenters. The Morgan fingerprint density at radius 1 is 1.27 bits per heavy atom. The third-order valence-electron chi connectivity index (χ3n) is 4.36. The molecule has 1 fully saturated rings. The summed E-state index contributed by atoms with van der Waals surface area (Å²) in [7, 11) is 1.23. The Hall–Kier alpha value is -2.29. The van der Waals surface area contributed by atoms with Crippen molar-refractivity contribution in [3.05, 3.63) is 29.8 Å². The van der Waals surface area contributed by atoms with E-state index in [1.165, 1.54) is 19.2 Å². The Morgan fingerprint density at radius 2 is 1.88 bits per heavy atom. The number of nitrogens with one attached hydrogen (secondary N) is 2. The monoisotopic (exact) mass is 374 g/mol. The van der Waals surface area contributed by atoms with Crippen LogP contribution in [0.3, 0.4) is 0 Å². The van der Waals surface area contributed by atoms with Gasteiger partial charge in [-0.1, -0.05) is 19.1 Å². The molecule has 9 heteroatoms. The zero-order chi connectivity index (χ0) is 19.3. The molecule has 144 valence electrons. The molecule has 1 amide bonds. The molecule has 1 heterocycles. The summed E-state index contributed by atoms with van der Waals surface area (Å²) in [5.74, 6) is -1.16. The summed E-state index contributed by atoms with van der Waals surface area (Å²) < 4.78 is 45.2. The highest BCUT2D eigenvalue weighted by atomic mass is 19.4. The minimum atomic E-state index is -4.78. The average molecular weight is 374 g/mol. The molecule has 1 aromatic carbocycles. The lowest BCUT2D eigenvalue weighted by molar-refractivity contribution is -0.274. The highest BCUT2D eigenvalue weighted by Gasteiger charge is 2.32. The lowest BCUT2D eigenvalue weighted by Gasteiger charge is -2.32. The second-order valence-corrected chi connectivity index (χ2v) is 6.17. The van der Waals surface area contributed by atoms with Crippen LogP contribution >= 0.6 is 0 Å². The Balaban J connectivity index is 2.10. The maximum atomic E-state index is 12.4. The molecule has 1 aliphatic rings. The molecule has 2 N–H and O–H groups in total. The van der Waals surface area contributed by atoms with Gasteiger partial charge in [-0.2, -0.15) is 0 Å². The van der Waals surface area contributed by atoms with E-state index in [-0.39, 0.29) is 29.9 Å². The van der Waals surface area contributed by atoms with Crippen LogP contribution in [0, 0.1) is 11.8 Å². The van der Waals surface area contributed by atoms with Crippen molar-refractivity contribution < 1.29 is 32.2 Å². The van der Waals surface area contributed by atoms with Gasteiger partial charge in [0.1, 0.15) is 5.75 Å². The molecule has 0 aromatic heterocycles. The van der Waals surface area contributed by atoms with Gasteiger partial charge < -0.3 is 20.1 Å². The number of hydrogen-bond acceptors (Lipinski definition) is 5. The van der Waals surface area contributed by atoms with Crippen molar-refractivity contribution in [1.29, 1.82) is 0 Å². The second-order valence-electron chi connectivity index (χ2n) is 6.17. The van der Waals surface area contributed by atoms with Gasteiger partial charge in [0, 0.05) is 5.92 Å². The van der Waals surface area contributed by atoms with E-state index in [9.17, 15) is 22.8 Å². The van der Waals surface area contributed by atoms with Crippen LogP contribution in [-0.2, 0) is 14.3 Å². The van der Waals surface area contributed by atoms with E-state index in [0.29, 0.717) is 5.56 Å². The topological polar surface area (TPSA) is 76.7 Å². The summed E-state index contributed by atoms with van der Waals surface area (Å²) in [5, 5.41) is 5.87. The summed E-state index contributed by atoms with van der Waals surface area (Å²) in [6.45, 7) is 3.30. The molecule has 1 aliphatic heterocycles. The normalized spacial score (nSPS) is 17.0. The van der Waals surface area contributed by atoms with Crippen molar-refractivity contribution in [2.75, 3.05) is 20.2 Å². The van der Waals surface area contributed by atoms with Gasteiger partial charge in [0.2, 0.25) is 5.91 Å². The smallest absolute Gasteiger partial charge is 0.469 e. The van der Waals surface area contributed by atoms with Gasteiger partial charge in [0.05, 0.1) is 19.6 Å². The molecular formula is C17H21F3N2O4. The van der Waals surface area contributed by atoms with Gasteiger partial charge in [0.25, 0.3) is 0 Å². The molecule has 2 rings (SSSR count). The van der Waals surface area contributed by atoms with E-state index in [1.54, 1.807) is 6.92 Å². The van der Waals surface area contributed by atoms with Crippen molar-refractivity contribution in [3.63, 3.8) is 0 Å². The number of esters is 1. The van der Waals surface area contributed by atoms with E-state index < -0.39 is 18.4 Å². The Bertz CT molecular complexity index is 630. The third kappa shape index (κ3) is 5.62. The lowest BCUT2D eigenvalue weighted by Crippen LogP contribution is -2.50. The number of carbonyl (C=O) groups is 2. The van der Waals surface area contributed by atoms with E-state index in [2.05, 4.69) is 20.1 Å². The summed E-state index contributed by atoms with van der Waals surface area (Å²) >= 11 is 0. The highest BCUT2D eigenvalue weighted by Crippen LogP contribution is 2.26. The van der Waals surface area contributed by atoms with Crippen molar-refractivity contribution >= 4 is 11.9 Å². The minimum Gasteiger partial charge on any atom is -0.469 e. The van der Waals surface area contributed by atoms with E-state index >= 15 is 0 Å². The fraction of sp³-hybridized carbons (Fsp3) is 0.529. The van der Waals surface area contributed by atoms with Gasteiger partial charge in [-0.25, -0.2) is 0 Å². The highest BCUT2D eigenvalue weighted by molar-refractivity contribution is 5.80. The second kappa shape index (κ2) is 8.39. The zero-order valence-electron chi connectivity index (χ0n) is 14.4. The quantitative estimate of drug-likeness (QED) is 0.716. The van der Waals surface area contributed by atoms with Crippen molar-refractivity contribution in [2.45, 2.75) is 25.7 Å². The number of ether oxygens (including phenoxy) is 2. The lowest BCUT2D eigenvalue weighted by atomic mass is 9.88. The maximum absolute atomic E-state index is 12.4. The number of rotatable bonds is 7. The fourth-order valence-corrected chi connectivity index (χ4v) is 2.59. The first-order valence-corrected chi connectivity index (χ1v) is 8.13. The Morgan fingerprint density at radius 3 is 2.35 bits per heavy atom. The van der Waals surface area contributed by atoms with Gasteiger partial charge in [-0.05, 0) is 36.7 Å². The Kier molecular flexibility index (Phi) is 6.47. The summed E-state index contributed by atoms with van der Waals surface area (Å²) in [5.41, 5.74) is 0.484. The Labute approximate surface area is 149 Å². The largest absolute Gasteiger partial charge is 0.573 e. The molecular weight excluding hydrogens is 353 g/mol. The molecule has 26 heavy (non-hydrogen) atoms. The van der Waals surface area contributed by atoms with Crippen LogP contribution in [0.5, 0.6) is 5.75 Å². The first-order chi connectivity index (χ1) is 12.2. The van der Waals surface area contributed by atoms with Gasteiger partial charge in [-0.3, -0.25) is 9.59 Å². The molecule has 6 nitrogen and oxygen atoms in total. The molecule has 1 saturated heterocycles. The van der Waals surface area contributed by atoms with Crippen LogP contribution in [0.4, 0.5) is 13.2 Å². The summed E-state index contributed by atoms with van der Waals surface area (Å²) in [6, 6.07) is 4.33. The standard InChI is InChI=1S/C17H21F3N2O4/c1-10(12-8-21-9-12)16(24)22-14(7-15(23)25-2)11-3-5-13(6-4-11)26-17(18,19)20/h3-6,10,12,14,21H,7-9H2,1-2H3,(H,22,24). The predicted octanol–water partition coefficient (Wildman–Crippen LogP) is 2.16. The summed E-state index contributed by atoms with van der Waals surface area (Å²) in [6.07, 6.45) is -4.91. The van der Waals surface area contributed by atoms with Crippen molar-refractivity contribution in [3.8, 4) is 5.75 Å². The zero-order valence-corrected chi connectivity index (χ0v) is 14.4. The number of halogens is 3. The van der Waals surface area contributed by atoms with Crippen LogP contribution in [-0.4, -0.2) is 38.4 Å². The number of hydrogen-bond donors (Lipinski definition) is 2. The van der Waals surface area contributed by atoms with Crippen LogP contribution in [0.25, 0.3) is 0 Å². The first-order valence-electron chi connectivity index (χ1n) is 8.13. The molecule has 0 radical (unpaired) electrons. The first kappa shape index (κ1) is 20.0. The number of carbonyl (C=O) groups excluding carboxylic acids is 2. The summed E-state index contributed by atoms with van der Waals surface area (Å²) in [4.78, 5) is 24.1. The predicted molar refractivity (Wildman–Crippen MR) is 86.2 cm³/mol. The van der Waals surface area contributed by atoms with Crippen LogP contribution in [0.2, 0.25) is 0 Å². The van der Waals surface area contributed by atoms with Gasteiger partial charge in [-0.15, -0.1) is 13.2 Å². The molecule has 2 atom stereocenters. The minimum absolute atomic E-state index is 0.128. The number of benzene rings is 1. The van der Waals surface area contributed by atoms with Crippen molar-refractivity contribution in [1.82, 2.24) is 10.6 Å². The molecule has 0 aliphatic carbocycles. The van der Waals surface area contributed by atoms with Crippen molar-refractivity contribution in [2.24, 2.45) is 11.8 Å². The maximum Gasteiger partial charge on any atom is 0.573 e. The number of alkyl halides is 3.